The van der Waals surface area contributed by atoms with Gasteiger partial charge in [0.05, 0.1) is 12.0 Å². The van der Waals surface area contributed by atoms with E-state index in [1.807, 2.05) is 0 Å². The van der Waals surface area contributed by atoms with E-state index in [1.54, 1.807) is 6.92 Å². The predicted molar refractivity (Wildman–Crippen MR) is 75.0 cm³/mol. The highest BCUT2D eigenvalue weighted by Crippen LogP contribution is 2.57. The van der Waals surface area contributed by atoms with Gasteiger partial charge in [-0.15, -0.1) is 0 Å². The Morgan fingerprint density at radius 3 is 2.73 bits per heavy atom. The van der Waals surface area contributed by atoms with Gasteiger partial charge in [-0.1, -0.05) is 6.58 Å². The van der Waals surface area contributed by atoms with Crippen molar-refractivity contribution in [1.82, 2.24) is 0 Å². The summed E-state index contributed by atoms with van der Waals surface area (Å²) < 4.78 is 11.3. The van der Waals surface area contributed by atoms with E-state index in [2.05, 4.69) is 6.58 Å². The number of carboxylic acids is 1. The standard InChI is InChI=1S/C16H20O6/c1-8(2)15(20)21-12-4-10-3-9(12)6-16(10)7-11(17)13(22-16)5-14(18)19/h9-10,12-13H,1,3-7H2,2H3,(H,18,19). The minimum Gasteiger partial charge on any atom is -0.481 e. The first-order valence-corrected chi connectivity index (χ1v) is 7.59. The molecule has 0 radical (unpaired) electrons. The van der Waals surface area contributed by atoms with E-state index in [9.17, 15) is 14.4 Å². The van der Waals surface area contributed by atoms with E-state index >= 15 is 0 Å². The summed E-state index contributed by atoms with van der Waals surface area (Å²) in [6.45, 7) is 5.20. The third-order valence-corrected chi connectivity index (χ3v) is 5.16. The molecule has 120 valence electrons. The highest BCUT2D eigenvalue weighted by molar-refractivity contribution is 5.89. The lowest BCUT2D eigenvalue weighted by molar-refractivity contribution is -0.154. The number of hydrogen-bond donors (Lipinski definition) is 1. The summed E-state index contributed by atoms with van der Waals surface area (Å²) >= 11 is 0. The molecule has 1 heterocycles. The molecule has 2 saturated carbocycles. The minimum absolute atomic E-state index is 0.120. The molecule has 5 unspecified atom stereocenters. The molecule has 3 rings (SSSR count). The average Bonchev–Trinajstić information content (AvgIpc) is 3.03. The molecule has 22 heavy (non-hydrogen) atoms. The Balaban J connectivity index is 1.65. The van der Waals surface area contributed by atoms with Gasteiger partial charge in [-0.2, -0.15) is 0 Å². The maximum Gasteiger partial charge on any atom is 0.333 e. The van der Waals surface area contributed by atoms with E-state index < -0.39 is 17.7 Å². The lowest BCUT2D eigenvalue weighted by Crippen LogP contribution is -2.40. The van der Waals surface area contributed by atoms with Crippen molar-refractivity contribution >= 4 is 17.7 Å². The van der Waals surface area contributed by atoms with Gasteiger partial charge in [-0.25, -0.2) is 4.79 Å². The molecular weight excluding hydrogens is 288 g/mol. The van der Waals surface area contributed by atoms with Crippen molar-refractivity contribution in [3.63, 3.8) is 0 Å². The van der Waals surface area contributed by atoms with Gasteiger partial charge in [0.2, 0.25) is 0 Å². The van der Waals surface area contributed by atoms with Gasteiger partial charge in [-0.3, -0.25) is 9.59 Å². The van der Waals surface area contributed by atoms with E-state index in [4.69, 9.17) is 14.6 Å². The van der Waals surface area contributed by atoms with Gasteiger partial charge < -0.3 is 14.6 Å². The zero-order valence-corrected chi connectivity index (χ0v) is 12.5. The molecule has 1 N–H and O–H groups in total. The van der Waals surface area contributed by atoms with Crippen LogP contribution in [0.4, 0.5) is 0 Å². The van der Waals surface area contributed by atoms with Crippen molar-refractivity contribution in [3.8, 4) is 0 Å². The van der Waals surface area contributed by atoms with Crippen LogP contribution >= 0.6 is 0 Å². The molecule has 1 spiro atoms. The van der Waals surface area contributed by atoms with Crippen molar-refractivity contribution in [2.75, 3.05) is 0 Å². The quantitative estimate of drug-likeness (QED) is 0.625. The molecule has 1 aliphatic heterocycles. The van der Waals surface area contributed by atoms with Crippen molar-refractivity contribution in [2.45, 2.75) is 56.8 Å². The lowest BCUT2D eigenvalue weighted by Gasteiger charge is -2.35. The number of ketones is 1. The van der Waals surface area contributed by atoms with Crippen LogP contribution in [0.2, 0.25) is 0 Å². The number of rotatable bonds is 4. The van der Waals surface area contributed by atoms with Gasteiger partial charge in [0.25, 0.3) is 0 Å². The largest absolute Gasteiger partial charge is 0.481 e. The number of Topliss-reactive ketones (excluding diaryl/α,β-unsaturated/α-hetero) is 1. The summed E-state index contributed by atoms with van der Waals surface area (Å²) in [6.07, 6.45) is 1.25. The first kappa shape index (κ1) is 15.2. The van der Waals surface area contributed by atoms with Gasteiger partial charge >= 0.3 is 11.9 Å². The molecule has 0 aromatic rings. The van der Waals surface area contributed by atoms with Crippen LogP contribution in [0, 0.1) is 11.8 Å². The average molecular weight is 308 g/mol. The van der Waals surface area contributed by atoms with Crippen molar-refractivity contribution in [3.05, 3.63) is 12.2 Å². The van der Waals surface area contributed by atoms with Crippen molar-refractivity contribution < 1.29 is 29.0 Å². The third kappa shape index (κ3) is 2.45. The fourth-order valence-corrected chi connectivity index (χ4v) is 4.20. The van der Waals surface area contributed by atoms with Crippen LogP contribution < -0.4 is 0 Å². The molecule has 2 aliphatic carbocycles. The number of carbonyl (C=O) groups is 3. The number of fused-ring (bicyclic) bond motifs is 3. The molecule has 6 heteroatoms. The first-order chi connectivity index (χ1) is 10.3. The highest BCUT2D eigenvalue weighted by atomic mass is 16.5. The molecule has 1 saturated heterocycles. The Morgan fingerprint density at radius 1 is 1.45 bits per heavy atom. The topological polar surface area (TPSA) is 89.9 Å². The molecule has 0 aromatic carbocycles. The molecule has 3 fully saturated rings. The molecule has 0 aromatic heterocycles. The van der Waals surface area contributed by atoms with Crippen LogP contribution in [-0.2, 0) is 23.9 Å². The summed E-state index contributed by atoms with van der Waals surface area (Å²) in [5, 5.41) is 8.85. The Morgan fingerprint density at radius 2 is 2.18 bits per heavy atom. The molecular formula is C16H20O6. The molecule has 2 bridgehead atoms. The van der Waals surface area contributed by atoms with Crippen molar-refractivity contribution in [1.29, 1.82) is 0 Å². The number of aliphatic carboxylic acids is 1. The van der Waals surface area contributed by atoms with Crippen molar-refractivity contribution in [2.24, 2.45) is 11.8 Å². The van der Waals surface area contributed by atoms with Crippen LogP contribution in [0.25, 0.3) is 0 Å². The lowest BCUT2D eigenvalue weighted by atomic mass is 9.80. The summed E-state index contributed by atoms with van der Waals surface area (Å²) in [6, 6.07) is 0. The molecule has 0 amide bonds. The number of esters is 1. The van der Waals surface area contributed by atoms with E-state index in [1.165, 1.54) is 0 Å². The van der Waals surface area contributed by atoms with Crippen LogP contribution in [0.3, 0.4) is 0 Å². The zero-order chi connectivity index (χ0) is 16.1. The molecule has 6 nitrogen and oxygen atoms in total. The Labute approximate surface area is 128 Å². The number of carboxylic acid groups (broad SMARTS) is 1. The van der Waals surface area contributed by atoms with Crippen LogP contribution in [0.5, 0.6) is 0 Å². The van der Waals surface area contributed by atoms with E-state index in [0.29, 0.717) is 18.4 Å². The SMILES string of the molecule is C=C(C)C(=O)OC1CC2CC1CC21CC(=O)C(CC(=O)O)O1. The normalized spacial score (nSPS) is 39.4. The number of hydrogen-bond acceptors (Lipinski definition) is 5. The minimum atomic E-state index is -1.02. The van der Waals surface area contributed by atoms with Gasteiger partial charge in [0.15, 0.2) is 5.78 Å². The monoisotopic (exact) mass is 308 g/mol. The smallest absolute Gasteiger partial charge is 0.333 e. The van der Waals surface area contributed by atoms with Crippen LogP contribution in [-0.4, -0.2) is 40.6 Å². The summed E-state index contributed by atoms with van der Waals surface area (Å²) in [5.74, 6) is -1.18. The maximum atomic E-state index is 12.0. The Kier molecular flexibility index (Phi) is 3.59. The van der Waals surface area contributed by atoms with E-state index in [-0.39, 0.29) is 42.5 Å². The fourth-order valence-electron chi connectivity index (χ4n) is 4.20. The fraction of sp³-hybridized carbons (Fsp3) is 0.688. The second-order valence-electron chi connectivity index (χ2n) is 6.77. The van der Waals surface area contributed by atoms with Crippen LogP contribution in [0.15, 0.2) is 12.2 Å². The second-order valence-corrected chi connectivity index (χ2v) is 6.77. The van der Waals surface area contributed by atoms with Gasteiger partial charge in [0.1, 0.15) is 12.2 Å². The summed E-state index contributed by atoms with van der Waals surface area (Å²) in [4.78, 5) is 34.5. The Bertz CT molecular complexity index is 553. The predicted octanol–water partition coefficient (Wildman–Crippen LogP) is 1.48. The first-order valence-electron chi connectivity index (χ1n) is 7.59. The molecule has 5 atom stereocenters. The Hall–Kier alpha value is -1.69. The number of ether oxygens (including phenoxy) is 2. The summed E-state index contributed by atoms with van der Waals surface area (Å²) in [7, 11) is 0. The van der Waals surface area contributed by atoms with Crippen LogP contribution in [0.1, 0.15) is 39.0 Å². The zero-order valence-electron chi connectivity index (χ0n) is 12.5. The second kappa shape index (κ2) is 5.19. The highest BCUT2D eigenvalue weighted by Gasteiger charge is 2.61. The summed E-state index contributed by atoms with van der Waals surface area (Å²) in [5.41, 5.74) is -0.153. The molecule has 3 aliphatic rings. The number of carbonyl (C=O) groups excluding carboxylic acids is 2. The third-order valence-electron chi connectivity index (χ3n) is 5.16. The maximum absolute atomic E-state index is 12.0. The van der Waals surface area contributed by atoms with Gasteiger partial charge in [0, 0.05) is 12.0 Å². The van der Waals surface area contributed by atoms with Gasteiger partial charge in [-0.05, 0) is 38.0 Å². The van der Waals surface area contributed by atoms with E-state index in [0.717, 1.165) is 6.42 Å².